The van der Waals surface area contributed by atoms with Gasteiger partial charge in [0.15, 0.2) is 0 Å². The molecule has 3 rings (SSSR count). The largest absolute Gasteiger partial charge is 0.370 e. The molecule has 2 aromatic carbocycles. The number of halogens is 1. The number of imide groups is 1. The lowest BCUT2D eigenvalue weighted by Gasteiger charge is -2.21. The number of nitrogens with one attached hydrogen (secondary N) is 2. The summed E-state index contributed by atoms with van der Waals surface area (Å²) in [5.41, 5.74) is 2.05. The lowest BCUT2D eigenvalue weighted by atomic mass is 10.1. The zero-order chi connectivity index (χ0) is 15.5. The minimum atomic E-state index is -0.626. The molecule has 0 aromatic heterocycles. The minimum absolute atomic E-state index is 0.231. The fraction of sp³-hybridized carbons (Fsp3) is 0.0588. The molecule has 1 aliphatic heterocycles. The van der Waals surface area contributed by atoms with Gasteiger partial charge in [-0.25, -0.2) is 4.39 Å². The predicted octanol–water partition coefficient (Wildman–Crippen LogP) is 2.59. The number of fused-ring (bicyclic) bond motifs is 1. The fourth-order valence-corrected chi connectivity index (χ4v) is 2.21. The van der Waals surface area contributed by atoms with Gasteiger partial charge < -0.3 is 5.32 Å². The van der Waals surface area contributed by atoms with Crippen LogP contribution in [-0.2, 0) is 4.79 Å². The highest BCUT2D eigenvalue weighted by Gasteiger charge is 2.21. The SMILES string of the molecule is O=C(NC(=O)C1C=Cc2ccccc2N1)c1ccc(F)cc1. The average molecular weight is 296 g/mol. The van der Waals surface area contributed by atoms with Crippen molar-refractivity contribution < 1.29 is 14.0 Å². The highest BCUT2D eigenvalue weighted by Crippen LogP contribution is 2.22. The van der Waals surface area contributed by atoms with E-state index in [2.05, 4.69) is 10.6 Å². The van der Waals surface area contributed by atoms with Crippen LogP contribution >= 0.6 is 0 Å². The molecule has 1 heterocycles. The number of carbonyl (C=O) groups is 2. The number of hydrogen-bond acceptors (Lipinski definition) is 3. The van der Waals surface area contributed by atoms with Gasteiger partial charge in [-0.2, -0.15) is 0 Å². The summed E-state index contributed by atoms with van der Waals surface area (Å²) in [5.74, 6) is -1.45. The summed E-state index contributed by atoms with van der Waals surface area (Å²) in [6.07, 6.45) is 3.52. The highest BCUT2D eigenvalue weighted by atomic mass is 19.1. The lowest BCUT2D eigenvalue weighted by molar-refractivity contribution is -0.119. The molecular formula is C17H13FN2O2. The van der Waals surface area contributed by atoms with E-state index in [0.717, 1.165) is 11.3 Å². The van der Waals surface area contributed by atoms with Gasteiger partial charge in [-0.3, -0.25) is 14.9 Å². The molecule has 0 aliphatic carbocycles. The monoisotopic (exact) mass is 296 g/mol. The van der Waals surface area contributed by atoms with Gasteiger partial charge in [0.1, 0.15) is 11.9 Å². The van der Waals surface area contributed by atoms with Crippen molar-refractivity contribution in [3.8, 4) is 0 Å². The van der Waals surface area contributed by atoms with Crippen LogP contribution in [0.4, 0.5) is 10.1 Å². The Morgan fingerprint density at radius 2 is 1.77 bits per heavy atom. The molecule has 22 heavy (non-hydrogen) atoms. The van der Waals surface area contributed by atoms with Gasteiger partial charge in [-0.05, 0) is 35.9 Å². The van der Waals surface area contributed by atoms with Gasteiger partial charge in [0, 0.05) is 11.3 Å². The Bertz CT molecular complexity index is 754. The molecule has 2 amide bonds. The molecular weight excluding hydrogens is 283 g/mol. The van der Waals surface area contributed by atoms with Crippen molar-refractivity contribution in [1.29, 1.82) is 0 Å². The smallest absolute Gasteiger partial charge is 0.257 e. The second kappa shape index (κ2) is 5.81. The maximum Gasteiger partial charge on any atom is 0.257 e. The first-order valence-electron chi connectivity index (χ1n) is 6.78. The van der Waals surface area contributed by atoms with Crippen molar-refractivity contribution in [2.75, 3.05) is 5.32 Å². The van der Waals surface area contributed by atoms with Crippen molar-refractivity contribution in [2.24, 2.45) is 0 Å². The summed E-state index contributed by atoms with van der Waals surface area (Å²) >= 11 is 0. The summed E-state index contributed by atoms with van der Waals surface area (Å²) in [7, 11) is 0. The zero-order valence-electron chi connectivity index (χ0n) is 11.5. The summed E-state index contributed by atoms with van der Waals surface area (Å²) in [6, 6.07) is 11.9. The molecule has 110 valence electrons. The highest BCUT2D eigenvalue weighted by molar-refractivity contribution is 6.07. The zero-order valence-corrected chi connectivity index (χ0v) is 11.5. The van der Waals surface area contributed by atoms with Crippen molar-refractivity contribution in [3.63, 3.8) is 0 Å². The van der Waals surface area contributed by atoms with Crippen molar-refractivity contribution in [3.05, 3.63) is 71.6 Å². The van der Waals surface area contributed by atoms with E-state index in [-0.39, 0.29) is 5.56 Å². The second-order valence-corrected chi connectivity index (χ2v) is 4.89. The van der Waals surface area contributed by atoms with Gasteiger partial charge in [-0.15, -0.1) is 0 Å². The summed E-state index contributed by atoms with van der Waals surface area (Å²) in [6.45, 7) is 0. The Morgan fingerprint density at radius 3 is 2.55 bits per heavy atom. The van der Waals surface area contributed by atoms with Crippen LogP contribution in [0.3, 0.4) is 0 Å². The standard InChI is InChI=1S/C17H13FN2O2/c18-13-8-5-12(6-9-13)16(21)20-17(22)15-10-7-11-3-1-2-4-14(11)19-15/h1-10,15,19H,(H,20,21,22). The van der Waals surface area contributed by atoms with E-state index in [1.165, 1.54) is 24.3 Å². The van der Waals surface area contributed by atoms with Crippen LogP contribution in [0, 0.1) is 5.82 Å². The van der Waals surface area contributed by atoms with Gasteiger partial charge in [0.2, 0.25) is 0 Å². The fourth-order valence-electron chi connectivity index (χ4n) is 2.21. The van der Waals surface area contributed by atoms with E-state index in [4.69, 9.17) is 0 Å². The van der Waals surface area contributed by atoms with E-state index in [1.807, 2.05) is 30.3 Å². The number of amides is 2. The van der Waals surface area contributed by atoms with E-state index >= 15 is 0 Å². The Balaban J connectivity index is 1.68. The Morgan fingerprint density at radius 1 is 1.05 bits per heavy atom. The molecule has 2 N–H and O–H groups in total. The number of hydrogen-bond donors (Lipinski definition) is 2. The number of para-hydroxylation sites is 1. The van der Waals surface area contributed by atoms with Gasteiger partial charge >= 0.3 is 0 Å². The maximum absolute atomic E-state index is 12.8. The van der Waals surface area contributed by atoms with Crippen LogP contribution in [0.5, 0.6) is 0 Å². The molecule has 0 saturated heterocycles. The third-order valence-electron chi connectivity index (χ3n) is 3.37. The number of anilines is 1. The average Bonchev–Trinajstić information content (AvgIpc) is 2.55. The molecule has 5 heteroatoms. The first-order chi connectivity index (χ1) is 10.6. The van der Waals surface area contributed by atoms with Crippen molar-refractivity contribution in [1.82, 2.24) is 5.32 Å². The number of benzene rings is 2. The Kier molecular flexibility index (Phi) is 3.70. The van der Waals surface area contributed by atoms with Crippen LogP contribution in [0.1, 0.15) is 15.9 Å². The first kappa shape index (κ1) is 14.0. The quantitative estimate of drug-likeness (QED) is 0.838. The molecule has 1 atom stereocenters. The van der Waals surface area contributed by atoms with E-state index in [1.54, 1.807) is 6.08 Å². The normalized spacial score (nSPS) is 15.6. The topological polar surface area (TPSA) is 58.2 Å². The van der Waals surface area contributed by atoms with Crippen LogP contribution in [-0.4, -0.2) is 17.9 Å². The van der Waals surface area contributed by atoms with Gasteiger partial charge in [-0.1, -0.05) is 30.4 Å². The third-order valence-corrected chi connectivity index (χ3v) is 3.37. The minimum Gasteiger partial charge on any atom is -0.370 e. The second-order valence-electron chi connectivity index (χ2n) is 4.89. The Labute approximate surface area is 126 Å². The van der Waals surface area contributed by atoms with Crippen molar-refractivity contribution >= 4 is 23.6 Å². The molecule has 2 aromatic rings. The third kappa shape index (κ3) is 2.88. The van der Waals surface area contributed by atoms with Gasteiger partial charge in [0.25, 0.3) is 11.8 Å². The van der Waals surface area contributed by atoms with Crippen LogP contribution in [0.25, 0.3) is 6.08 Å². The molecule has 0 fully saturated rings. The maximum atomic E-state index is 12.8. The molecule has 1 aliphatic rings. The molecule has 0 spiro atoms. The van der Waals surface area contributed by atoms with E-state index < -0.39 is 23.7 Å². The molecule has 0 saturated carbocycles. The summed E-state index contributed by atoms with van der Waals surface area (Å²) in [4.78, 5) is 24.1. The molecule has 1 unspecified atom stereocenters. The summed E-state index contributed by atoms with van der Waals surface area (Å²) in [5, 5.41) is 5.35. The van der Waals surface area contributed by atoms with Crippen LogP contribution in [0.2, 0.25) is 0 Å². The molecule has 0 bridgehead atoms. The molecule has 0 radical (unpaired) electrons. The predicted molar refractivity (Wildman–Crippen MR) is 81.8 cm³/mol. The van der Waals surface area contributed by atoms with Crippen LogP contribution < -0.4 is 10.6 Å². The first-order valence-corrected chi connectivity index (χ1v) is 6.78. The molecule has 4 nitrogen and oxygen atoms in total. The Hall–Kier alpha value is -2.95. The number of rotatable bonds is 2. The van der Waals surface area contributed by atoms with Crippen molar-refractivity contribution in [2.45, 2.75) is 6.04 Å². The number of carbonyl (C=O) groups excluding carboxylic acids is 2. The summed E-state index contributed by atoms with van der Waals surface area (Å²) < 4.78 is 12.8. The van der Waals surface area contributed by atoms with E-state index in [0.29, 0.717) is 0 Å². The van der Waals surface area contributed by atoms with E-state index in [9.17, 15) is 14.0 Å². The lowest BCUT2D eigenvalue weighted by Crippen LogP contribution is -2.42. The van der Waals surface area contributed by atoms with Crippen LogP contribution in [0.15, 0.2) is 54.6 Å². The van der Waals surface area contributed by atoms with Gasteiger partial charge in [0.05, 0.1) is 0 Å².